The molecule has 20 heavy (non-hydrogen) atoms. The normalized spacial score (nSPS) is 18.1. The van der Waals surface area contributed by atoms with Crippen LogP contribution >= 0.6 is 11.8 Å². The molecule has 0 radical (unpaired) electrons. The quantitative estimate of drug-likeness (QED) is 0.912. The highest BCUT2D eigenvalue weighted by atomic mass is 32.2. The second-order valence-electron chi connectivity index (χ2n) is 4.71. The molecule has 0 aromatic heterocycles. The largest absolute Gasteiger partial charge is 0.496 e. The maximum absolute atomic E-state index is 12.3. The first-order valence-electron chi connectivity index (χ1n) is 6.26. The second-order valence-corrected chi connectivity index (χ2v) is 5.71. The lowest BCUT2D eigenvalue weighted by Gasteiger charge is -2.21. The maximum Gasteiger partial charge on any atom is 0.327 e. The van der Waals surface area contributed by atoms with Crippen molar-refractivity contribution < 1.29 is 19.4 Å². The molecule has 1 aromatic carbocycles. The lowest BCUT2D eigenvalue weighted by Crippen LogP contribution is -2.42. The topological polar surface area (TPSA) is 66.8 Å². The van der Waals surface area contributed by atoms with E-state index < -0.39 is 12.0 Å². The molecule has 1 aliphatic heterocycles. The van der Waals surface area contributed by atoms with Crippen molar-refractivity contribution in [1.29, 1.82) is 0 Å². The van der Waals surface area contributed by atoms with Crippen molar-refractivity contribution in [2.75, 3.05) is 18.7 Å². The Morgan fingerprint density at radius 1 is 1.50 bits per heavy atom. The van der Waals surface area contributed by atoms with Gasteiger partial charge in [0, 0.05) is 11.3 Å². The minimum atomic E-state index is -0.945. The average molecular weight is 295 g/mol. The molecule has 0 bridgehead atoms. The molecule has 0 spiro atoms. The number of carboxylic acid groups (broad SMARTS) is 1. The average Bonchev–Trinajstić information content (AvgIpc) is 2.88. The summed E-state index contributed by atoms with van der Waals surface area (Å²) < 4.78 is 5.25. The highest BCUT2D eigenvalue weighted by Crippen LogP contribution is 2.25. The maximum atomic E-state index is 12.3. The van der Waals surface area contributed by atoms with E-state index in [9.17, 15) is 9.59 Å². The summed E-state index contributed by atoms with van der Waals surface area (Å²) in [6.45, 7) is 1.94. The number of aliphatic carboxylic acids is 1. The van der Waals surface area contributed by atoms with E-state index in [1.807, 2.05) is 25.1 Å². The van der Waals surface area contributed by atoms with E-state index in [1.165, 1.54) is 16.7 Å². The van der Waals surface area contributed by atoms with Gasteiger partial charge in [0.1, 0.15) is 11.8 Å². The number of aryl methyl sites for hydroxylation is 1. The van der Waals surface area contributed by atoms with E-state index in [2.05, 4.69) is 0 Å². The van der Waals surface area contributed by atoms with Gasteiger partial charge < -0.3 is 14.7 Å². The van der Waals surface area contributed by atoms with Gasteiger partial charge in [-0.1, -0.05) is 17.7 Å². The third-order valence-corrected chi connectivity index (χ3v) is 4.28. The van der Waals surface area contributed by atoms with Gasteiger partial charge in [0.25, 0.3) is 0 Å². The monoisotopic (exact) mass is 295 g/mol. The molecule has 1 heterocycles. The zero-order chi connectivity index (χ0) is 14.7. The van der Waals surface area contributed by atoms with Gasteiger partial charge in [0.15, 0.2) is 0 Å². The number of hydrogen-bond donors (Lipinski definition) is 1. The first-order chi connectivity index (χ1) is 9.52. The van der Waals surface area contributed by atoms with E-state index >= 15 is 0 Å². The molecule has 2 rings (SSSR count). The molecule has 5 nitrogen and oxygen atoms in total. The summed E-state index contributed by atoms with van der Waals surface area (Å²) in [6, 6.07) is 4.92. The van der Waals surface area contributed by atoms with Crippen LogP contribution in [-0.4, -0.2) is 46.7 Å². The smallest absolute Gasteiger partial charge is 0.327 e. The van der Waals surface area contributed by atoms with Gasteiger partial charge >= 0.3 is 5.97 Å². The third kappa shape index (κ3) is 3.07. The van der Waals surface area contributed by atoms with Crippen molar-refractivity contribution in [2.24, 2.45) is 0 Å². The summed E-state index contributed by atoms with van der Waals surface area (Å²) >= 11 is 1.46. The Labute approximate surface area is 121 Å². The lowest BCUT2D eigenvalue weighted by atomic mass is 10.1. The van der Waals surface area contributed by atoms with Crippen LogP contribution in [0.3, 0.4) is 0 Å². The molecule has 1 N–H and O–H groups in total. The van der Waals surface area contributed by atoms with Gasteiger partial charge in [0.2, 0.25) is 5.91 Å². The van der Waals surface area contributed by atoms with Crippen LogP contribution < -0.4 is 4.74 Å². The summed E-state index contributed by atoms with van der Waals surface area (Å²) in [4.78, 5) is 24.8. The molecule has 0 unspecified atom stereocenters. The molecule has 0 aliphatic carbocycles. The zero-order valence-corrected chi connectivity index (χ0v) is 12.3. The van der Waals surface area contributed by atoms with Crippen LogP contribution in [0.2, 0.25) is 0 Å². The van der Waals surface area contributed by atoms with Crippen LogP contribution in [0.1, 0.15) is 11.1 Å². The van der Waals surface area contributed by atoms with Crippen LogP contribution in [0.25, 0.3) is 0 Å². The minimum absolute atomic E-state index is 0.162. The van der Waals surface area contributed by atoms with E-state index in [0.29, 0.717) is 17.4 Å². The predicted molar refractivity (Wildman–Crippen MR) is 77.0 cm³/mol. The predicted octanol–water partition coefficient (Wildman–Crippen LogP) is 1.53. The molecule has 1 amide bonds. The molecule has 1 aromatic rings. The van der Waals surface area contributed by atoms with Gasteiger partial charge in [-0.15, -0.1) is 11.8 Å². The fraction of sp³-hybridized carbons (Fsp3) is 0.429. The third-order valence-electron chi connectivity index (χ3n) is 3.27. The van der Waals surface area contributed by atoms with Crippen molar-refractivity contribution in [1.82, 2.24) is 4.90 Å². The number of rotatable bonds is 4. The number of benzene rings is 1. The summed E-state index contributed by atoms with van der Waals surface area (Å²) in [5, 5.41) is 9.11. The minimum Gasteiger partial charge on any atom is -0.496 e. The zero-order valence-electron chi connectivity index (χ0n) is 11.5. The van der Waals surface area contributed by atoms with E-state index in [1.54, 1.807) is 7.11 Å². The fourth-order valence-electron chi connectivity index (χ4n) is 2.20. The van der Waals surface area contributed by atoms with Crippen molar-refractivity contribution in [2.45, 2.75) is 19.4 Å². The van der Waals surface area contributed by atoms with Crippen LogP contribution in [0.4, 0.5) is 0 Å². The molecular weight excluding hydrogens is 278 g/mol. The number of carbonyl (C=O) groups excluding carboxylic acids is 1. The standard InChI is InChI=1S/C14H17NO4S/c1-9-3-4-12(19-2)10(5-9)6-13(16)15-8-20-7-11(15)14(17)18/h3-5,11H,6-8H2,1-2H3,(H,17,18)/t11-/m0/s1. The Morgan fingerprint density at radius 3 is 2.90 bits per heavy atom. The Bertz CT molecular complexity index is 532. The molecule has 108 valence electrons. The van der Waals surface area contributed by atoms with Gasteiger partial charge in [-0.2, -0.15) is 0 Å². The van der Waals surface area contributed by atoms with Crippen LogP contribution in [0.5, 0.6) is 5.75 Å². The first-order valence-corrected chi connectivity index (χ1v) is 7.42. The molecule has 0 saturated carbocycles. The van der Waals surface area contributed by atoms with E-state index in [0.717, 1.165) is 11.1 Å². The number of ether oxygens (including phenoxy) is 1. The Hall–Kier alpha value is -1.69. The summed E-state index contributed by atoms with van der Waals surface area (Å²) in [7, 11) is 1.56. The lowest BCUT2D eigenvalue weighted by molar-refractivity contribution is -0.147. The number of hydrogen-bond acceptors (Lipinski definition) is 4. The second kappa shape index (κ2) is 6.17. The van der Waals surface area contributed by atoms with Crippen LogP contribution in [-0.2, 0) is 16.0 Å². The summed E-state index contributed by atoms with van der Waals surface area (Å²) in [6.07, 6.45) is 0.162. The highest BCUT2D eigenvalue weighted by Gasteiger charge is 2.34. The number of methoxy groups -OCH3 is 1. The number of amides is 1. The van der Waals surface area contributed by atoms with E-state index in [4.69, 9.17) is 9.84 Å². The van der Waals surface area contributed by atoms with Crippen LogP contribution in [0.15, 0.2) is 18.2 Å². The van der Waals surface area contributed by atoms with Gasteiger partial charge in [-0.25, -0.2) is 4.79 Å². The van der Waals surface area contributed by atoms with Crippen molar-refractivity contribution in [3.05, 3.63) is 29.3 Å². The van der Waals surface area contributed by atoms with Crippen molar-refractivity contribution in [3.63, 3.8) is 0 Å². The van der Waals surface area contributed by atoms with E-state index in [-0.39, 0.29) is 12.3 Å². The molecular formula is C14H17NO4S. The Kier molecular flexibility index (Phi) is 4.54. The summed E-state index contributed by atoms with van der Waals surface area (Å²) in [5.41, 5.74) is 1.83. The molecule has 1 atom stereocenters. The van der Waals surface area contributed by atoms with Crippen molar-refractivity contribution in [3.8, 4) is 5.75 Å². The Morgan fingerprint density at radius 2 is 2.25 bits per heavy atom. The number of carbonyl (C=O) groups is 2. The molecule has 6 heteroatoms. The molecule has 1 fully saturated rings. The van der Waals surface area contributed by atoms with Crippen LogP contribution in [0, 0.1) is 6.92 Å². The first kappa shape index (κ1) is 14.7. The van der Waals surface area contributed by atoms with Gasteiger partial charge in [-0.3, -0.25) is 4.79 Å². The fourth-order valence-corrected chi connectivity index (χ4v) is 3.37. The molecule has 1 saturated heterocycles. The SMILES string of the molecule is COc1ccc(C)cc1CC(=O)N1CSC[C@H]1C(=O)O. The highest BCUT2D eigenvalue weighted by molar-refractivity contribution is 7.99. The van der Waals surface area contributed by atoms with Gasteiger partial charge in [0.05, 0.1) is 19.4 Å². The Balaban J connectivity index is 2.15. The number of nitrogens with zero attached hydrogens (tertiary/aromatic N) is 1. The number of carboxylic acids is 1. The number of thioether (sulfide) groups is 1. The van der Waals surface area contributed by atoms with Gasteiger partial charge in [-0.05, 0) is 13.0 Å². The summed E-state index contributed by atoms with van der Waals surface area (Å²) in [5.74, 6) is 0.421. The van der Waals surface area contributed by atoms with Crippen molar-refractivity contribution >= 4 is 23.6 Å². The molecule has 1 aliphatic rings.